The van der Waals surface area contributed by atoms with Crippen molar-refractivity contribution in [1.29, 1.82) is 0 Å². The van der Waals surface area contributed by atoms with E-state index in [2.05, 4.69) is 5.16 Å². The summed E-state index contributed by atoms with van der Waals surface area (Å²) in [5.41, 5.74) is 1.72. The summed E-state index contributed by atoms with van der Waals surface area (Å²) in [6.45, 7) is 0.153. The number of methoxy groups -OCH3 is 1. The Hall–Kier alpha value is -3.48. The van der Waals surface area contributed by atoms with Crippen LogP contribution < -0.4 is 14.2 Å². The number of benzene rings is 2. The van der Waals surface area contributed by atoms with Crippen LogP contribution in [0.25, 0.3) is 11.3 Å². The number of hydrogen-bond donors (Lipinski definition) is 0. The molecule has 0 radical (unpaired) electrons. The normalized spacial score (nSPS) is 12.0. The minimum absolute atomic E-state index is 0.000738. The summed E-state index contributed by atoms with van der Waals surface area (Å²) < 4.78 is 26.3. The van der Waals surface area contributed by atoms with Crippen LogP contribution in [0.5, 0.6) is 17.2 Å². The Bertz CT molecular complexity index is 949. The van der Waals surface area contributed by atoms with Crippen LogP contribution in [0, 0.1) is 0 Å². The number of fused-ring (bicyclic) bond motifs is 1. The maximum absolute atomic E-state index is 12.2. The highest BCUT2D eigenvalue weighted by molar-refractivity contribution is 5.90. The highest BCUT2D eigenvalue weighted by Crippen LogP contribution is 2.32. The molecule has 1 aliphatic heterocycles. The highest BCUT2D eigenvalue weighted by Gasteiger charge is 2.17. The smallest absolute Gasteiger partial charge is 0.338 e. The number of carbonyl (C=O) groups excluding carboxylic acids is 1. The van der Waals surface area contributed by atoms with Gasteiger partial charge in [-0.25, -0.2) is 4.79 Å². The number of carbonyl (C=O) groups is 1. The molecule has 0 bridgehead atoms. The molecule has 0 amide bonds. The van der Waals surface area contributed by atoms with Crippen LogP contribution >= 0.6 is 0 Å². The van der Waals surface area contributed by atoms with Crippen molar-refractivity contribution in [2.75, 3.05) is 13.9 Å². The van der Waals surface area contributed by atoms with Crippen molar-refractivity contribution in [3.8, 4) is 28.6 Å². The molecule has 2 heterocycles. The quantitative estimate of drug-likeness (QED) is 0.650. The monoisotopic (exact) mass is 353 g/mol. The lowest BCUT2D eigenvalue weighted by Crippen LogP contribution is -2.05. The van der Waals surface area contributed by atoms with Crippen LogP contribution in [-0.2, 0) is 11.3 Å². The summed E-state index contributed by atoms with van der Waals surface area (Å²) in [5, 5.41) is 3.93. The molecule has 132 valence electrons. The minimum Gasteiger partial charge on any atom is -0.497 e. The number of nitrogens with zero attached hydrogens (tertiary/aromatic N) is 1. The van der Waals surface area contributed by atoms with E-state index in [1.807, 2.05) is 24.3 Å². The topological polar surface area (TPSA) is 80.0 Å². The number of ether oxygens (including phenoxy) is 4. The van der Waals surface area contributed by atoms with Gasteiger partial charge in [0.25, 0.3) is 0 Å². The minimum atomic E-state index is -0.478. The number of esters is 1. The van der Waals surface area contributed by atoms with Crippen LogP contribution in [0.3, 0.4) is 0 Å². The fraction of sp³-hybridized carbons (Fsp3) is 0.158. The van der Waals surface area contributed by atoms with Crippen molar-refractivity contribution in [2.24, 2.45) is 0 Å². The molecule has 7 nitrogen and oxygen atoms in total. The fourth-order valence-corrected chi connectivity index (χ4v) is 2.54. The van der Waals surface area contributed by atoms with E-state index < -0.39 is 5.97 Å². The molecule has 7 heteroatoms. The lowest BCUT2D eigenvalue weighted by molar-refractivity contribution is 0.0464. The van der Waals surface area contributed by atoms with E-state index in [-0.39, 0.29) is 13.4 Å². The molecule has 0 aliphatic carbocycles. The number of rotatable bonds is 5. The summed E-state index contributed by atoms with van der Waals surface area (Å²) in [7, 11) is 1.60. The molecule has 0 saturated heterocycles. The lowest BCUT2D eigenvalue weighted by atomic mass is 10.1. The summed E-state index contributed by atoms with van der Waals surface area (Å²) >= 11 is 0. The van der Waals surface area contributed by atoms with E-state index in [9.17, 15) is 4.79 Å². The first-order valence-electron chi connectivity index (χ1n) is 7.90. The van der Waals surface area contributed by atoms with Gasteiger partial charge in [-0.3, -0.25) is 0 Å². The maximum Gasteiger partial charge on any atom is 0.338 e. The first kappa shape index (κ1) is 16.0. The Morgan fingerprint density at radius 1 is 1.12 bits per heavy atom. The van der Waals surface area contributed by atoms with E-state index >= 15 is 0 Å². The van der Waals surface area contributed by atoms with Crippen LogP contribution in [0.15, 0.2) is 53.1 Å². The molecule has 26 heavy (non-hydrogen) atoms. The SMILES string of the molecule is COc1cccc(-c2cc(COC(=O)c3ccc4c(c3)OCO4)no2)c1. The van der Waals surface area contributed by atoms with Gasteiger partial charge in [0.05, 0.1) is 12.7 Å². The molecule has 1 aromatic heterocycles. The second-order valence-corrected chi connectivity index (χ2v) is 5.56. The third-order valence-corrected chi connectivity index (χ3v) is 3.87. The van der Waals surface area contributed by atoms with Crippen molar-refractivity contribution < 1.29 is 28.3 Å². The van der Waals surface area contributed by atoms with Gasteiger partial charge >= 0.3 is 5.97 Å². The average Bonchev–Trinajstić information content (AvgIpc) is 3.34. The zero-order valence-corrected chi connectivity index (χ0v) is 13.9. The lowest BCUT2D eigenvalue weighted by Gasteiger charge is -2.03. The van der Waals surface area contributed by atoms with Gasteiger partial charge in [-0.1, -0.05) is 17.3 Å². The third-order valence-electron chi connectivity index (χ3n) is 3.87. The van der Waals surface area contributed by atoms with Crippen molar-refractivity contribution in [1.82, 2.24) is 5.16 Å². The van der Waals surface area contributed by atoms with Crippen LogP contribution in [-0.4, -0.2) is 25.0 Å². The van der Waals surface area contributed by atoms with Gasteiger partial charge in [0.1, 0.15) is 18.1 Å². The van der Waals surface area contributed by atoms with E-state index in [1.54, 1.807) is 31.4 Å². The summed E-state index contributed by atoms with van der Waals surface area (Å²) in [6.07, 6.45) is 0. The second kappa shape index (κ2) is 6.79. The molecule has 0 atom stereocenters. The van der Waals surface area contributed by atoms with Crippen molar-refractivity contribution in [2.45, 2.75) is 6.61 Å². The third kappa shape index (κ3) is 3.19. The first-order chi connectivity index (χ1) is 12.7. The average molecular weight is 353 g/mol. The van der Waals surface area contributed by atoms with E-state index in [0.29, 0.717) is 28.5 Å². The van der Waals surface area contributed by atoms with Gasteiger partial charge in [-0.15, -0.1) is 0 Å². The van der Waals surface area contributed by atoms with Crippen LogP contribution in [0.2, 0.25) is 0 Å². The summed E-state index contributed by atoms with van der Waals surface area (Å²) in [5.74, 6) is 1.95. The standard InChI is InChI=1S/C19H15NO6/c1-22-15-4-2-3-12(7-15)17-9-14(20-26-17)10-23-19(21)13-5-6-16-18(8-13)25-11-24-16/h2-9H,10-11H2,1H3. The molecule has 0 N–H and O–H groups in total. The Labute approximate surface area is 149 Å². The second-order valence-electron chi connectivity index (χ2n) is 5.56. The fourth-order valence-electron chi connectivity index (χ4n) is 2.54. The molecule has 1 aliphatic rings. The molecule has 0 spiro atoms. The van der Waals surface area contributed by atoms with Crippen LogP contribution in [0.1, 0.15) is 16.1 Å². The van der Waals surface area contributed by atoms with Gasteiger partial charge in [-0.2, -0.15) is 0 Å². The number of aromatic nitrogens is 1. The molecular formula is C19H15NO6. The molecule has 4 rings (SSSR count). The van der Waals surface area contributed by atoms with Gasteiger partial charge in [0.15, 0.2) is 17.3 Å². The van der Waals surface area contributed by atoms with Crippen molar-refractivity contribution in [3.05, 3.63) is 59.8 Å². The Balaban J connectivity index is 1.42. The van der Waals surface area contributed by atoms with E-state index in [1.165, 1.54) is 0 Å². The van der Waals surface area contributed by atoms with Gasteiger partial charge in [0.2, 0.25) is 6.79 Å². The largest absolute Gasteiger partial charge is 0.497 e. The summed E-state index contributed by atoms with van der Waals surface area (Å²) in [4.78, 5) is 12.2. The highest BCUT2D eigenvalue weighted by atomic mass is 16.7. The van der Waals surface area contributed by atoms with Crippen LogP contribution in [0.4, 0.5) is 0 Å². The number of hydrogen-bond acceptors (Lipinski definition) is 7. The van der Waals surface area contributed by atoms with Gasteiger partial charge in [0, 0.05) is 11.6 Å². The maximum atomic E-state index is 12.2. The van der Waals surface area contributed by atoms with E-state index in [4.69, 9.17) is 23.5 Å². The molecule has 2 aromatic carbocycles. The zero-order valence-electron chi connectivity index (χ0n) is 13.9. The van der Waals surface area contributed by atoms with Gasteiger partial charge < -0.3 is 23.5 Å². The van der Waals surface area contributed by atoms with Crippen molar-refractivity contribution >= 4 is 5.97 Å². The zero-order chi connectivity index (χ0) is 17.9. The molecule has 0 unspecified atom stereocenters. The molecule has 3 aromatic rings. The molecule has 0 fully saturated rings. The Kier molecular flexibility index (Phi) is 4.18. The predicted molar refractivity (Wildman–Crippen MR) is 90.2 cm³/mol. The van der Waals surface area contributed by atoms with Crippen molar-refractivity contribution in [3.63, 3.8) is 0 Å². The molecular weight excluding hydrogens is 338 g/mol. The first-order valence-corrected chi connectivity index (χ1v) is 7.90. The predicted octanol–water partition coefficient (Wildman–Crippen LogP) is 3.44. The Morgan fingerprint density at radius 2 is 2.00 bits per heavy atom. The van der Waals surface area contributed by atoms with Gasteiger partial charge in [-0.05, 0) is 30.3 Å². The Morgan fingerprint density at radius 3 is 2.88 bits per heavy atom. The summed E-state index contributed by atoms with van der Waals surface area (Å²) in [6, 6.07) is 14.0. The molecule has 0 saturated carbocycles. The van der Waals surface area contributed by atoms with E-state index in [0.717, 1.165) is 11.3 Å².